The Morgan fingerprint density at radius 3 is 2.71 bits per heavy atom. The van der Waals surface area contributed by atoms with Gasteiger partial charge in [-0.3, -0.25) is 9.59 Å². The number of para-hydroxylation sites is 1. The van der Waals surface area contributed by atoms with Gasteiger partial charge in [-0.05, 0) is 34.5 Å². The SMILES string of the molecule is CCCCCN1C(=O)C(=O)c2cccc(Br)c21. The van der Waals surface area contributed by atoms with E-state index in [2.05, 4.69) is 22.9 Å². The maximum atomic E-state index is 11.9. The number of amides is 1. The van der Waals surface area contributed by atoms with Crippen LogP contribution in [0.25, 0.3) is 0 Å². The monoisotopic (exact) mass is 295 g/mol. The van der Waals surface area contributed by atoms with Gasteiger partial charge < -0.3 is 4.90 Å². The maximum absolute atomic E-state index is 11.9. The molecule has 1 aromatic rings. The van der Waals surface area contributed by atoms with Gasteiger partial charge >= 0.3 is 0 Å². The number of rotatable bonds is 4. The molecule has 0 radical (unpaired) electrons. The topological polar surface area (TPSA) is 37.4 Å². The molecule has 1 aromatic carbocycles. The summed E-state index contributed by atoms with van der Waals surface area (Å²) in [4.78, 5) is 25.2. The molecule has 0 aromatic heterocycles. The van der Waals surface area contributed by atoms with Gasteiger partial charge in [0.15, 0.2) is 0 Å². The van der Waals surface area contributed by atoms with E-state index in [1.54, 1.807) is 17.0 Å². The third kappa shape index (κ3) is 2.14. The largest absolute Gasteiger partial charge is 0.304 e. The molecule has 1 aliphatic heterocycles. The second kappa shape index (κ2) is 5.00. The lowest BCUT2D eigenvalue weighted by atomic mass is 10.1. The van der Waals surface area contributed by atoms with Gasteiger partial charge in [0.1, 0.15) is 0 Å². The van der Waals surface area contributed by atoms with Crippen molar-refractivity contribution in [3.63, 3.8) is 0 Å². The van der Waals surface area contributed by atoms with Crippen LogP contribution >= 0.6 is 15.9 Å². The van der Waals surface area contributed by atoms with Crippen molar-refractivity contribution in [3.8, 4) is 0 Å². The minimum Gasteiger partial charge on any atom is -0.304 e. The Bertz CT molecular complexity index is 470. The van der Waals surface area contributed by atoms with E-state index in [1.165, 1.54) is 0 Å². The summed E-state index contributed by atoms with van der Waals surface area (Å²) >= 11 is 3.41. The van der Waals surface area contributed by atoms with Gasteiger partial charge in [0, 0.05) is 11.0 Å². The second-order valence-electron chi connectivity index (χ2n) is 4.13. The molecule has 0 unspecified atom stereocenters. The van der Waals surface area contributed by atoms with Gasteiger partial charge in [0.05, 0.1) is 11.3 Å². The zero-order valence-corrected chi connectivity index (χ0v) is 11.3. The normalized spacial score (nSPS) is 14.4. The fourth-order valence-corrected chi connectivity index (χ4v) is 2.63. The third-order valence-electron chi connectivity index (χ3n) is 2.93. The van der Waals surface area contributed by atoms with Crippen LogP contribution in [-0.2, 0) is 4.79 Å². The lowest BCUT2D eigenvalue weighted by molar-refractivity contribution is -0.114. The summed E-state index contributed by atoms with van der Waals surface area (Å²) in [5, 5.41) is 0. The number of anilines is 1. The van der Waals surface area contributed by atoms with E-state index in [9.17, 15) is 9.59 Å². The Hall–Kier alpha value is -1.16. The fraction of sp³-hybridized carbons (Fsp3) is 0.385. The van der Waals surface area contributed by atoms with Crippen molar-refractivity contribution in [2.24, 2.45) is 0 Å². The fourth-order valence-electron chi connectivity index (χ4n) is 2.05. The van der Waals surface area contributed by atoms with Crippen LogP contribution in [-0.4, -0.2) is 18.2 Å². The van der Waals surface area contributed by atoms with Crippen molar-refractivity contribution in [2.75, 3.05) is 11.4 Å². The highest BCUT2D eigenvalue weighted by Gasteiger charge is 2.36. The summed E-state index contributed by atoms with van der Waals surface area (Å²) in [5.41, 5.74) is 1.25. The third-order valence-corrected chi connectivity index (χ3v) is 3.57. The Morgan fingerprint density at radius 1 is 1.24 bits per heavy atom. The van der Waals surface area contributed by atoms with Gasteiger partial charge in [0.25, 0.3) is 11.7 Å². The lowest BCUT2D eigenvalue weighted by Crippen LogP contribution is -2.30. The Balaban J connectivity index is 2.30. The molecule has 0 spiro atoms. The summed E-state index contributed by atoms with van der Waals surface area (Å²) < 4.78 is 0.811. The number of nitrogens with zero attached hydrogens (tertiary/aromatic N) is 1. The number of halogens is 1. The van der Waals surface area contributed by atoms with E-state index in [0.29, 0.717) is 12.1 Å². The van der Waals surface area contributed by atoms with Gasteiger partial charge in [-0.25, -0.2) is 0 Å². The van der Waals surface area contributed by atoms with Crippen LogP contribution in [0.3, 0.4) is 0 Å². The highest BCUT2D eigenvalue weighted by atomic mass is 79.9. The average Bonchev–Trinajstić information content (AvgIpc) is 2.56. The molecule has 2 rings (SSSR count). The molecule has 1 amide bonds. The summed E-state index contributed by atoms with van der Waals surface area (Å²) in [7, 11) is 0. The van der Waals surface area contributed by atoms with Crippen LogP contribution in [0.15, 0.2) is 22.7 Å². The minimum atomic E-state index is -0.400. The van der Waals surface area contributed by atoms with Crippen molar-refractivity contribution in [1.29, 1.82) is 0 Å². The molecule has 4 heteroatoms. The average molecular weight is 296 g/mol. The van der Waals surface area contributed by atoms with Crippen LogP contribution in [0.5, 0.6) is 0 Å². The van der Waals surface area contributed by atoms with E-state index in [4.69, 9.17) is 0 Å². The summed E-state index contributed by atoms with van der Waals surface area (Å²) in [6.45, 7) is 2.73. The standard InChI is InChI=1S/C13H14BrNO2/c1-2-3-4-8-15-11-9(12(16)13(15)17)6-5-7-10(11)14/h5-7H,2-4,8H2,1H3. The van der Waals surface area contributed by atoms with Crippen molar-refractivity contribution in [1.82, 2.24) is 0 Å². The molecular formula is C13H14BrNO2. The number of benzene rings is 1. The molecule has 0 saturated heterocycles. The van der Waals surface area contributed by atoms with Crippen molar-refractivity contribution >= 4 is 33.3 Å². The van der Waals surface area contributed by atoms with E-state index < -0.39 is 11.7 Å². The molecule has 3 nitrogen and oxygen atoms in total. The first kappa shape index (κ1) is 12.3. The maximum Gasteiger partial charge on any atom is 0.299 e. The number of ketones is 1. The molecule has 0 N–H and O–H groups in total. The molecule has 0 fully saturated rings. The molecule has 0 bridgehead atoms. The number of carbonyl (C=O) groups is 2. The predicted octanol–water partition coefficient (Wildman–Crippen LogP) is 3.17. The van der Waals surface area contributed by atoms with Crippen molar-refractivity contribution in [2.45, 2.75) is 26.2 Å². The molecule has 90 valence electrons. The number of hydrogen-bond acceptors (Lipinski definition) is 2. The van der Waals surface area contributed by atoms with Crippen LogP contribution in [0.1, 0.15) is 36.5 Å². The Morgan fingerprint density at radius 2 is 2.00 bits per heavy atom. The Labute approximate surface area is 109 Å². The van der Waals surface area contributed by atoms with Gasteiger partial charge in [-0.15, -0.1) is 0 Å². The number of unbranched alkanes of at least 4 members (excludes halogenated alkanes) is 2. The second-order valence-corrected chi connectivity index (χ2v) is 4.98. The minimum absolute atomic E-state index is 0.391. The lowest BCUT2D eigenvalue weighted by Gasteiger charge is -2.17. The molecule has 17 heavy (non-hydrogen) atoms. The van der Waals surface area contributed by atoms with E-state index >= 15 is 0 Å². The van der Waals surface area contributed by atoms with E-state index in [-0.39, 0.29) is 0 Å². The predicted molar refractivity (Wildman–Crippen MR) is 70.4 cm³/mol. The summed E-state index contributed by atoms with van der Waals surface area (Å²) in [6.07, 6.45) is 3.09. The molecule has 0 atom stereocenters. The first-order chi connectivity index (χ1) is 8.16. The first-order valence-corrected chi connectivity index (χ1v) is 6.60. The van der Waals surface area contributed by atoms with Crippen molar-refractivity contribution in [3.05, 3.63) is 28.2 Å². The first-order valence-electron chi connectivity index (χ1n) is 5.81. The molecule has 0 saturated carbocycles. The van der Waals surface area contributed by atoms with E-state index in [0.717, 1.165) is 29.4 Å². The van der Waals surface area contributed by atoms with Gasteiger partial charge in [0.2, 0.25) is 0 Å². The zero-order chi connectivity index (χ0) is 12.4. The summed E-state index contributed by atoms with van der Waals surface area (Å²) in [6, 6.07) is 5.35. The Kier molecular flexibility index (Phi) is 3.62. The number of hydrogen-bond donors (Lipinski definition) is 0. The molecule has 0 aliphatic carbocycles. The quantitative estimate of drug-likeness (QED) is 0.632. The van der Waals surface area contributed by atoms with Gasteiger partial charge in [-0.1, -0.05) is 25.8 Å². The highest BCUT2D eigenvalue weighted by molar-refractivity contribution is 9.10. The number of carbonyl (C=O) groups excluding carboxylic acids is 2. The summed E-state index contributed by atoms with van der Waals surface area (Å²) in [5.74, 6) is -0.791. The van der Waals surface area contributed by atoms with Crippen molar-refractivity contribution < 1.29 is 9.59 Å². The molecule has 1 heterocycles. The van der Waals surface area contributed by atoms with Crippen LogP contribution in [0.2, 0.25) is 0 Å². The van der Waals surface area contributed by atoms with Crippen LogP contribution in [0, 0.1) is 0 Å². The zero-order valence-electron chi connectivity index (χ0n) is 9.70. The smallest absolute Gasteiger partial charge is 0.299 e. The molecule has 1 aliphatic rings. The molecular weight excluding hydrogens is 282 g/mol. The van der Waals surface area contributed by atoms with Gasteiger partial charge in [-0.2, -0.15) is 0 Å². The van der Waals surface area contributed by atoms with E-state index in [1.807, 2.05) is 6.07 Å². The highest BCUT2D eigenvalue weighted by Crippen LogP contribution is 2.35. The number of fused-ring (bicyclic) bond motifs is 1. The number of Topliss-reactive ketones (excluding diaryl/α,β-unsaturated/α-hetero) is 1. The van der Waals surface area contributed by atoms with Crippen LogP contribution in [0.4, 0.5) is 5.69 Å². The van der Waals surface area contributed by atoms with Crippen LogP contribution < -0.4 is 4.90 Å².